The van der Waals surface area contributed by atoms with Crippen molar-refractivity contribution in [2.75, 3.05) is 0 Å². The normalized spacial score (nSPS) is 10.8. The van der Waals surface area contributed by atoms with Crippen molar-refractivity contribution in [2.45, 2.75) is 13.0 Å². The Hall–Kier alpha value is -3.28. The minimum atomic E-state index is -1.03. The predicted octanol–water partition coefficient (Wildman–Crippen LogP) is 2.72. The second-order valence-electron chi connectivity index (χ2n) is 5.56. The lowest BCUT2D eigenvalue weighted by atomic mass is 10.1. The fourth-order valence-electron chi connectivity index (χ4n) is 2.73. The molecule has 0 bridgehead atoms. The molecule has 0 unspecified atom stereocenters. The van der Waals surface area contributed by atoms with Gasteiger partial charge in [-0.15, -0.1) is 0 Å². The average molecular weight is 325 g/mol. The summed E-state index contributed by atoms with van der Waals surface area (Å²) in [4.78, 5) is 22.3. The van der Waals surface area contributed by atoms with Gasteiger partial charge < -0.3 is 19.9 Å². The predicted molar refractivity (Wildman–Crippen MR) is 87.4 cm³/mol. The maximum atomic E-state index is 11.2. The zero-order chi connectivity index (χ0) is 17.3. The summed E-state index contributed by atoms with van der Waals surface area (Å²) in [5.74, 6) is -1.81. The van der Waals surface area contributed by atoms with Crippen LogP contribution in [0.5, 0.6) is 5.75 Å². The Labute approximate surface area is 137 Å². The first kappa shape index (κ1) is 15.6. The molecule has 2 aromatic carbocycles. The van der Waals surface area contributed by atoms with Gasteiger partial charge in [-0.1, -0.05) is 18.2 Å². The molecular formula is C18H15NO5. The summed E-state index contributed by atoms with van der Waals surface area (Å²) in [6.07, 6.45) is 1.60. The number of aromatic nitrogens is 1. The highest BCUT2D eigenvalue weighted by Crippen LogP contribution is 2.25. The van der Waals surface area contributed by atoms with E-state index in [9.17, 15) is 19.8 Å². The van der Waals surface area contributed by atoms with Gasteiger partial charge in [-0.2, -0.15) is 0 Å². The highest BCUT2D eigenvalue weighted by molar-refractivity contribution is 5.95. The van der Waals surface area contributed by atoms with Crippen LogP contribution in [-0.4, -0.2) is 31.8 Å². The van der Waals surface area contributed by atoms with Crippen LogP contribution >= 0.6 is 0 Å². The number of carboxylic acids is 2. The minimum Gasteiger partial charge on any atom is -0.508 e. The Balaban J connectivity index is 2.10. The third-order valence-electron chi connectivity index (χ3n) is 3.84. The van der Waals surface area contributed by atoms with Crippen molar-refractivity contribution in [1.82, 2.24) is 4.57 Å². The number of hydrogen-bond acceptors (Lipinski definition) is 3. The molecule has 0 spiro atoms. The lowest BCUT2D eigenvalue weighted by Crippen LogP contribution is -2.00. The zero-order valence-corrected chi connectivity index (χ0v) is 12.6. The van der Waals surface area contributed by atoms with Crippen molar-refractivity contribution in [3.8, 4) is 5.75 Å². The van der Waals surface area contributed by atoms with Gasteiger partial charge in [0.1, 0.15) is 5.75 Å². The summed E-state index contributed by atoms with van der Waals surface area (Å²) >= 11 is 0. The van der Waals surface area contributed by atoms with E-state index in [0.29, 0.717) is 17.6 Å². The molecule has 0 fully saturated rings. The number of aromatic hydroxyl groups is 1. The fourth-order valence-corrected chi connectivity index (χ4v) is 2.73. The molecule has 3 aromatic rings. The number of fused-ring (bicyclic) bond motifs is 1. The summed E-state index contributed by atoms with van der Waals surface area (Å²) in [6, 6.07) is 11.3. The topological polar surface area (TPSA) is 99.8 Å². The number of nitrogens with zero attached hydrogens (tertiary/aromatic N) is 1. The van der Waals surface area contributed by atoms with Crippen LogP contribution in [0.1, 0.15) is 21.5 Å². The number of carbonyl (C=O) groups is 2. The molecule has 6 nitrogen and oxygen atoms in total. The first-order chi connectivity index (χ1) is 11.4. The number of phenolic OH excluding ortho intramolecular Hbond substituents is 1. The molecule has 0 aliphatic carbocycles. The molecule has 1 aromatic heterocycles. The molecule has 122 valence electrons. The lowest BCUT2D eigenvalue weighted by molar-refractivity contribution is -0.136. The van der Waals surface area contributed by atoms with E-state index in [0.717, 1.165) is 10.9 Å². The fraction of sp³-hybridized carbons (Fsp3) is 0.111. The Morgan fingerprint density at radius 3 is 2.33 bits per heavy atom. The molecule has 3 rings (SSSR count). The molecule has 0 amide bonds. The number of hydrogen-bond donors (Lipinski definition) is 3. The molecule has 0 aliphatic heterocycles. The maximum Gasteiger partial charge on any atom is 0.335 e. The molecule has 3 N–H and O–H groups in total. The number of rotatable bonds is 5. The van der Waals surface area contributed by atoms with Crippen molar-refractivity contribution in [3.63, 3.8) is 0 Å². The highest BCUT2D eigenvalue weighted by atomic mass is 16.4. The van der Waals surface area contributed by atoms with E-state index in [2.05, 4.69) is 0 Å². The molecule has 6 heteroatoms. The van der Waals surface area contributed by atoms with E-state index in [1.165, 1.54) is 6.07 Å². The van der Waals surface area contributed by atoms with Gasteiger partial charge in [-0.05, 0) is 35.4 Å². The van der Waals surface area contributed by atoms with Crippen molar-refractivity contribution >= 4 is 22.8 Å². The maximum absolute atomic E-state index is 11.2. The van der Waals surface area contributed by atoms with Crippen LogP contribution in [0.25, 0.3) is 10.9 Å². The van der Waals surface area contributed by atoms with Crippen molar-refractivity contribution in [3.05, 3.63) is 65.4 Å². The molecular weight excluding hydrogens is 310 g/mol. The van der Waals surface area contributed by atoms with Gasteiger partial charge in [-0.3, -0.25) is 4.79 Å². The number of aromatic carboxylic acids is 1. The van der Waals surface area contributed by atoms with Crippen LogP contribution in [0.3, 0.4) is 0 Å². The second kappa shape index (κ2) is 6.08. The first-order valence-corrected chi connectivity index (χ1v) is 7.29. The van der Waals surface area contributed by atoms with Gasteiger partial charge in [0.05, 0.1) is 12.0 Å². The summed E-state index contributed by atoms with van der Waals surface area (Å²) in [5, 5.41) is 28.3. The van der Waals surface area contributed by atoms with Crippen molar-refractivity contribution in [2.24, 2.45) is 0 Å². The number of carboxylic acid groups (broad SMARTS) is 2. The first-order valence-electron chi connectivity index (χ1n) is 7.29. The molecule has 0 radical (unpaired) electrons. The van der Waals surface area contributed by atoms with Gasteiger partial charge in [-0.25, -0.2) is 4.79 Å². The van der Waals surface area contributed by atoms with E-state index in [1.807, 2.05) is 4.57 Å². The van der Waals surface area contributed by atoms with Crippen LogP contribution in [0.15, 0.2) is 48.7 Å². The largest absolute Gasteiger partial charge is 0.508 e. The third kappa shape index (κ3) is 3.08. The number of benzene rings is 2. The van der Waals surface area contributed by atoms with Crippen molar-refractivity contribution in [1.29, 1.82) is 0 Å². The number of phenols is 1. The zero-order valence-electron chi connectivity index (χ0n) is 12.6. The monoisotopic (exact) mass is 325 g/mol. The standard InChI is InChI=1S/C18H15NO5/c20-14-4-1-11(2-5-14)9-19-10-13(8-17(21)22)15-6-3-12(18(23)24)7-16(15)19/h1-7,10,20H,8-9H2,(H,21,22)(H,23,24). The van der Waals surface area contributed by atoms with Crippen LogP contribution < -0.4 is 0 Å². The molecule has 0 aliphatic rings. The van der Waals surface area contributed by atoms with Gasteiger partial charge in [0.25, 0.3) is 0 Å². The Morgan fingerprint density at radius 1 is 1.00 bits per heavy atom. The van der Waals surface area contributed by atoms with E-state index < -0.39 is 11.9 Å². The van der Waals surface area contributed by atoms with E-state index in [-0.39, 0.29) is 17.7 Å². The molecule has 0 saturated carbocycles. The van der Waals surface area contributed by atoms with Gasteiger partial charge in [0.2, 0.25) is 0 Å². The van der Waals surface area contributed by atoms with Crippen LogP contribution in [-0.2, 0) is 17.8 Å². The Kier molecular flexibility index (Phi) is 3.95. The summed E-state index contributed by atoms with van der Waals surface area (Å²) in [7, 11) is 0. The smallest absolute Gasteiger partial charge is 0.335 e. The van der Waals surface area contributed by atoms with Crippen molar-refractivity contribution < 1.29 is 24.9 Å². The quantitative estimate of drug-likeness (QED) is 0.670. The average Bonchev–Trinajstić information content (AvgIpc) is 2.86. The SMILES string of the molecule is O=C(O)Cc1cn(Cc2ccc(O)cc2)c2cc(C(=O)O)ccc12. The van der Waals surface area contributed by atoms with E-state index in [4.69, 9.17) is 5.11 Å². The summed E-state index contributed by atoms with van der Waals surface area (Å²) in [5.41, 5.74) is 2.36. The van der Waals surface area contributed by atoms with Gasteiger partial charge >= 0.3 is 11.9 Å². The van der Waals surface area contributed by atoms with Crippen LogP contribution in [0, 0.1) is 0 Å². The molecule has 0 saturated heterocycles. The summed E-state index contributed by atoms with van der Waals surface area (Å²) in [6.45, 7) is 0.444. The van der Waals surface area contributed by atoms with E-state index >= 15 is 0 Å². The molecule has 0 atom stereocenters. The highest BCUT2D eigenvalue weighted by Gasteiger charge is 2.14. The number of aliphatic carboxylic acids is 1. The van der Waals surface area contributed by atoms with Gasteiger partial charge in [0.15, 0.2) is 0 Å². The van der Waals surface area contributed by atoms with E-state index in [1.54, 1.807) is 42.6 Å². The van der Waals surface area contributed by atoms with Gasteiger partial charge in [0, 0.05) is 23.6 Å². The Morgan fingerprint density at radius 2 is 1.71 bits per heavy atom. The molecule has 24 heavy (non-hydrogen) atoms. The minimum absolute atomic E-state index is 0.133. The lowest BCUT2D eigenvalue weighted by Gasteiger charge is -2.06. The third-order valence-corrected chi connectivity index (χ3v) is 3.84. The van der Waals surface area contributed by atoms with Crippen LogP contribution in [0.2, 0.25) is 0 Å². The second-order valence-corrected chi connectivity index (χ2v) is 5.56. The Bertz CT molecular complexity index is 924. The summed E-state index contributed by atoms with van der Waals surface area (Å²) < 4.78 is 1.83. The van der Waals surface area contributed by atoms with Crippen LogP contribution in [0.4, 0.5) is 0 Å². The molecule has 1 heterocycles.